The summed E-state index contributed by atoms with van der Waals surface area (Å²) in [6.07, 6.45) is 4.19. The number of rotatable bonds is 6. The molecule has 0 bridgehead atoms. The lowest BCUT2D eigenvalue weighted by Gasteiger charge is -2.51. The number of aliphatic hydroxyl groups excluding tert-OH is 2. The minimum absolute atomic E-state index is 0.0797. The summed E-state index contributed by atoms with van der Waals surface area (Å²) in [7, 11) is 0. The van der Waals surface area contributed by atoms with E-state index in [2.05, 4.69) is 13.8 Å². The second kappa shape index (κ2) is 9.78. The largest absolute Gasteiger partial charge is 0.462 e. The zero-order valence-corrected chi connectivity index (χ0v) is 19.9. The van der Waals surface area contributed by atoms with Crippen LogP contribution in [0.1, 0.15) is 86.0 Å². The van der Waals surface area contributed by atoms with Crippen LogP contribution in [0, 0.1) is 35.0 Å². The van der Waals surface area contributed by atoms with E-state index in [0.29, 0.717) is 24.7 Å². The Kier molecular flexibility index (Phi) is 7.73. The van der Waals surface area contributed by atoms with Gasteiger partial charge in [-0.05, 0) is 82.0 Å². The Balaban J connectivity index is 1.74. The molecule has 3 fully saturated rings. The Bertz CT molecular complexity index is 646. The van der Waals surface area contributed by atoms with Crippen molar-refractivity contribution in [2.75, 3.05) is 0 Å². The number of fused-ring (bicyclic) bond motifs is 1. The number of hydrogen-bond donors (Lipinski definition) is 2. The first-order chi connectivity index (χ1) is 14.5. The fourth-order valence-electron chi connectivity index (χ4n) is 6.00. The highest BCUT2D eigenvalue weighted by Gasteiger charge is 2.50. The van der Waals surface area contributed by atoms with Crippen LogP contribution in [0.25, 0.3) is 0 Å². The predicted octanol–water partition coefficient (Wildman–Crippen LogP) is 3.86. The van der Waals surface area contributed by atoms with Crippen LogP contribution in [-0.4, -0.2) is 46.6 Å². The van der Waals surface area contributed by atoms with Gasteiger partial charge in [-0.15, -0.1) is 0 Å². The van der Waals surface area contributed by atoms with Gasteiger partial charge in [-0.1, -0.05) is 20.8 Å². The Morgan fingerprint density at radius 2 is 1.84 bits per heavy atom. The lowest BCUT2D eigenvalue weighted by Crippen LogP contribution is -2.52. The second-order valence-corrected chi connectivity index (χ2v) is 11.1. The van der Waals surface area contributed by atoms with Gasteiger partial charge in [0.15, 0.2) is 0 Å². The highest BCUT2D eigenvalue weighted by Crippen LogP contribution is 2.50. The van der Waals surface area contributed by atoms with Crippen molar-refractivity contribution >= 4 is 11.9 Å². The third-order valence-electron chi connectivity index (χ3n) is 8.60. The Hall–Kier alpha value is -1.14. The van der Waals surface area contributed by atoms with Gasteiger partial charge in [0.2, 0.25) is 0 Å². The summed E-state index contributed by atoms with van der Waals surface area (Å²) in [5.74, 6) is 0.768. The molecule has 0 aromatic rings. The summed E-state index contributed by atoms with van der Waals surface area (Å²) in [5.41, 5.74) is -0.517. The van der Waals surface area contributed by atoms with E-state index in [-0.39, 0.29) is 54.4 Å². The molecule has 2 aliphatic carbocycles. The van der Waals surface area contributed by atoms with Crippen molar-refractivity contribution in [2.45, 2.75) is 110 Å². The molecule has 0 aromatic carbocycles. The summed E-state index contributed by atoms with van der Waals surface area (Å²) >= 11 is 0. The number of hydrogen-bond acceptors (Lipinski definition) is 6. The third kappa shape index (κ3) is 5.44. The first-order valence-corrected chi connectivity index (χ1v) is 12.3. The van der Waals surface area contributed by atoms with Crippen molar-refractivity contribution in [3.63, 3.8) is 0 Å². The summed E-state index contributed by atoms with van der Waals surface area (Å²) < 4.78 is 11.5. The molecule has 3 rings (SSSR count). The molecule has 9 atom stereocenters. The van der Waals surface area contributed by atoms with Crippen LogP contribution in [0.3, 0.4) is 0 Å². The molecule has 0 amide bonds. The molecule has 1 aliphatic heterocycles. The molecular weight excluding hydrogens is 396 g/mol. The van der Waals surface area contributed by atoms with Crippen molar-refractivity contribution in [2.24, 2.45) is 35.0 Å². The van der Waals surface area contributed by atoms with Crippen molar-refractivity contribution in [3.05, 3.63) is 0 Å². The van der Waals surface area contributed by atoms with E-state index in [1.165, 1.54) is 0 Å². The average molecular weight is 439 g/mol. The van der Waals surface area contributed by atoms with Crippen molar-refractivity contribution in [1.82, 2.24) is 0 Å². The van der Waals surface area contributed by atoms with Crippen LogP contribution in [0.5, 0.6) is 0 Å². The van der Waals surface area contributed by atoms with E-state index >= 15 is 0 Å². The van der Waals surface area contributed by atoms with E-state index in [4.69, 9.17) is 9.47 Å². The van der Waals surface area contributed by atoms with Crippen LogP contribution in [-0.2, 0) is 19.1 Å². The molecule has 0 radical (unpaired) electrons. The number of esters is 2. The van der Waals surface area contributed by atoms with Crippen molar-refractivity contribution in [3.8, 4) is 0 Å². The van der Waals surface area contributed by atoms with Gasteiger partial charge in [0.1, 0.15) is 12.2 Å². The fraction of sp³-hybridized carbons (Fsp3) is 0.920. The van der Waals surface area contributed by atoms with Gasteiger partial charge in [0.25, 0.3) is 0 Å². The molecule has 0 spiro atoms. The molecule has 2 saturated carbocycles. The van der Waals surface area contributed by atoms with Crippen LogP contribution >= 0.6 is 0 Å². The minimum atomic E-state index is -0.620. The van der Waals surface area contributed by atoms with Crippen LogP contribution in [0.4, 0.5) is 0 Å². The van der Waals surface area contributed by atoms with E-state index < -0.39 is 11.5 Å². The van der Waals surface area contributed by atoms with Gasteiger partial charge < -0.3 is 19.7 Å². The Morgan fingerprint density at radius 3 is 2.48 bits per heavy atom. The van der Waals surface area contributed by atoms with E-state index in [1.807, 2.05) is 20.8 Å². The minimum Gasteiger partial charge on any atom is -0.462 e. The molecule has 6 nitrogen and oxygen atoms in total. The van der Waals surface area contributed by atoms with Crippen LogP contribution in [0.2, 0.25) is 0 Å². The molecule has 1 heterocycles. The normalized spacial score (nSPS) is 41.3. The van der Waals surface area contributed by atoms with Crippen molar-refractivity contribution in [1.29, 1.82) is 0 Å². The highest BCUT2D eigenvalue weighted by molar-refractivity contribution is 5.76. The molecule has 0 aromatic heterocycles. The number of ether oxygens (including phenoxy) is 2. The topological polar surface area (TPSA) is 93.1 Å². The first kappa shape index (κ1) is 24.5. The molecule has 0 unspecified atom stereocenters. The fourth-order valence-corrected chi connectivity index (χ4v) is 6.00. The summed E-state index contributed by atoms with van der Waals surface area (Å²) in [4.78, 5) is 24.6. The lowest BCUT2D eigenvalue weighted by molar-refractivity contribution is -0.177. The van der Waals surface area contributed by atoms with E-state index in [9.17, 15) is 19.8 Å². The van der Waals surface area contributed by atoms with Crippen LogP contribution < -0.4 is 0 Å². The third-order valence-corrected chi connectivity index (χ3v) is 8.60. The van der Waals surface area contributed by atoms with E-state index in [0.717, 1.165) is 32.1 Å². The van der Waals surface area contributed by atoms with Gasteiger partial charge in [-0.3, -0.25) is 9.59 Å². The maximum absolute atomic E-state index is 12.8. The summed E-state index contributed by atoms with van der Waals surface area (Å²) in [5, 5.41) is 20.9. The molecule has 1 saturated heterocycles. The number of aliphatic hydroxyl groups is 2. The number of carbonyl (C=O) groups is 2. The van der Waals surface area contributed by atoms with Gasteiger partial charge >= 0.3 is 11.9 Å². The zero-order chi connectivity index (χ0) is 22.9. The first-order valence-electron chi connectivity index (χ1n) is 12.3. The maximum Gasteiger partial charge on any atom is 0.311 e. The quantitative estimate of drug-likeness (QED) is 0.612. The zero-order valence-electron chi connectivity index (χ0n) is 19.9. The van der Waals surface area contributed by atoms with Gasteiger partial charge in [0, 0.05) is 6.42 Å². The highest BCUT2D eigenvalue weighted by atomic mass is 16.6. The molecule has 2 N–H and O–H groups in total. The molecule has 31 heavy (non-hydrogen) atoms. The SMILES string of the molecule is CCC(C)(C)C(=O)O[C@H]1C[C@H]2[C@H](O)[C@H](C)CC[C@@H]2[C@H](CC[C@@H]2C[C@@H](O)CC(=O)O2)[C@@H]1C. The maximum atomic E-state index is 12.8. The molecule has 6 heteroatoms. The monoisotopic (exact) mass is 438 g/mol. The average Bonchev–Trinajstić information content (AvgIpc) is 2.70. The van der Waals surface area contributed by atoms with Crippen LogP contribution in [0.15, 0.2) is 0 Å². The Labute approximate surface area is 187 Å². The van der Waals surface area contributed by atoms with E-state index in [1.54, 1.807) is 0 Å². The predicted molar refractivity (Wildman–Crippen MR) is 117 cm³/mol. The number of cyclic esters (lactones) is 1. The van der Waals surface area contributed by atoms with Crippen molar-refractivity contribution < 1.29 is 29.3 Å². The summed E-state index contributed by atoms with van der Waals surface area (Å²) in [6, 6.07) is 0. The second-order valence-electron chi connectivity index (χ2n) is 11.1. The molecule has 3 aliphatic rings. The van der Waals surface area contributed by atoms with Gasteiger partial charge in [0.05, 0.1) is 24.0 Å². The number of carbonyl (C=O) groups excluding carboxylic acids is 2. The smallest absolute Gasteiger partial charge is 0.311 e. The van der Waals surface area contributed by atoms with Gasteiger partial charge in [-0.2, -0.15) is 0 Å². The molecule has 178 valence electrons. The standard InChI is InChI=1S/C25H42O6/c1-6-25(4,5)24(29)31-21-13-20-19(9-7-14(2)23(20)28)18(15(21)3)10-8-17-11-16(26)12-22(27)30-17/h14-21,23,26,28H,6-13H2,1-5H3/t14-,15+,16-,17-,18-,19-,20-,21+,23-/m1/s1. The molecular formula is C25H42O6. The lowest BCUT2D eigenvalue weighted by atomic mass is 9.57. The summed E-state index contributed by atoms with van der Waals surface area (Å²) in [6.45, 7) is 10.1. The van der Waals surface area contributed by atoms with Gasteiger partial charge in [-0.25, -0.2) is 0 Å². The Morgan fingerprint density at radius 1 is 1.13 bits per heavy atom.